The molecular weight excluding hydrogens is 512 g/mol. The zero-order valence-electron chi connectivity index (χ0n) is 20.3. The van der Waals surface area contributed by atoms with Crippen molar-refractivity contribution in [3.8, 4) is 33.9 Å². The molecule has 0 spiro atoms. The zero-order chi connectivity index (χ0) is 25.4. The Morgan fingerprint density at radius 1 is 0.973 bits per heavy atom. The molecule has 0 amide bonds. The van der Waals surface area contributed by atoms with Crippen LogP contribution in [-0.2, 0) is 13.2 Å². The number of thiazole rings is 1. The number of ether oxygens (including phenoxy) is 4. The number of imidazole rings is 1. The Labute approximate surface area is 219 Å². The summed E-state index contributed by atoms with van der Waals surface area (Å²) in [6.45, 7) is 2.76. The number of methoxy groups -OCH3 is 2. The van der Waals surface area contributed by atoms with E-state index in [1.54, 1.807) is 30.1 Å². The molecule has 0 aliphatic heterocycles. The summed E-state index contributed by atoms with van der Waals surface area (Å²) in [6, 6.07) is 13.4. The summed E-state index contributed by atoms with van der Waals surface area (Å²) in [4.78, 5) is 9.78. The number of furan rings is 1. The second kappa shape index (κ2) is 9.75. The van der Waals surface area contributed by atoms with E-state index in [1.165, 1.54) is 11.3 Å². The van der Waals surface area contributed by atoms with Gasteiger partial charge in [0.15, 0.2) is 5.76 Å². The molecule has 0 radical (unpaired) electrons. The molecule has 0 N–H and O–H groups in total. The summed E-state index contributed by atoms with van der Waals surface area (Å²) in [7, 11) is 3.20. The first-order valence-electron chi connectivity index (χ1n) is 11.4. The van der Waals surface area contributed by atoms with Crippen molar-refractivity contribution in [3.05, 3.63) is 70.3 Å². The van der Waals surface area contributed by atoms with Gasteiger partial charge in [-0.1, -0.05) is 12.1 Å². The fraction of sp³-hybridized carbons (Fsp3) is 0.192. The summed E-state index contributed by atoms with van der Waals surface area (Å²) in [5.74, 6) is 2.65. The minimum absolute atomic E-state index is 0.347. The van der Waals surface area contributed by atoms with E-state index in [2.05, 4.69) is 15.1 Å². The van der Waals surface area contributed by atoms with Gasteiger partial charge in [0.2, 0.25) is 4.96 Å². The van der Waals surface area contributed by atoms with Gasteiger partial charge in [0, 0.05) is 17.5 Å². The first kappa shape index (κ1) is 23.3. The van der Waals surface area contributed by atoms with Gasteiger partial charge in [-0.2, -0.15) is 0 Å². The lowest BCUT2D eigenvalue weighted by molar-refractivity contribution is 0.294. The maximum absolute atomic E-state index is 6.23. The van der Waals surface area contributed by atoms with Crippen molar-refractivity contribution in [1.82, 2.24) is 19.6 Å². The van der Waals surface area contributed by atoms with Crippen LogP contribution in [0.4, 0.5) is 0 Å². The van der Waals surface area contributed by atoms with Gasteiger partial charge in [0.1, 0.15) is 41.7 Å². The molecular formula is C26H22N4O5S2. The number of fused-ring (bicyclic) bond motifs is 2. The highest BCUT2D eigenvalue weighted by atomic mass is 32.1. The Morgan fingerprint density at radius 3 is 2.68 bits per heavy atom. The summed E-state index contributed by atoms with van der Waals surface area (Å²) in [5, 5.41) is 8.73. The molecule has 6 aromatic rings. The van der Waals surface area contributed by atoms with E-state index < -0.39 is 0 Å². The summed E-state index contributed by atoms with van der Waals surface area (Å²) in [6.07, 6.45) is 1.81. The van der Waals surface area contributed by atoms with E-state index in [0.29, 0.717) is 51.9 Å². The highest BCUT2D eigenvalue weighted by molar-refractivity contribution is 7.18. The fourth-order valence-corrected chi connectivity index (χ4v) is 5.14. The summed E-state index contributed by atoms with van der Waals surface area (Å²) < 4.78 is 30.6. The Hall–Kier alpha value is -4.09. The lowest BCUT2D eigenvalue weighted by Gasteiger charge is -2.10. The average molecular weight is 535 g/mol. The molecule has 0 unspecified atom stereocenters. The normalized spacial score (nSPS) is 11.3. The molecule has 0 fully saturated rings. The third-order valence-electron chi connectivity index (χ3n) is 5.61. The topological polar surface area (TPSA) is 93.1 Å². The molecule has 188 valence electrons. The zero-order valence-corrected chi connectivity index (χ0v) is 21.9. The van der Waals surface area contributed by atoms with Crippen LogP contribution < -0.4 is 18.9 Å². The van der Waals surface area contributed by atoms with Gasteiger partial charge in [-0.25, -0.2) is 14.5 Å². The van der Waals surface area contributed by atoms with Crippen molar-refractivity contribution in [2.45, 2.75) is 20.1 Å². The Bertz CT molecular complexity index is 1670. The minimum atomic E-state index is 0.347. The van der Waals surface area contributed by atoms with Crippen molar-refractivity contribution in [1.29, 1.82) is 0 Å². The molecule has 4 heterocycles. The molecule has 6 rings (SSSR count). The number of aryl methyl sites for hydroxylation is 1. The van der Waals surface area contributed by atoms with Crippen LogP contribution in [0, 0.1) is 6.92 Å². The second-order valence-corrected chi connectivity index (χ2v) is 10.1. The lowest BCUT2D eigenvalue weighted by atomic mass is 10.2. The molecule has 0 atom stereocenters. The van der Waals surface area contributed by atoms with Gasteiger partial charge in [-0.15, -0.1) is 16.4 Å². The predicted octanol–water partition coefficient (Wildman–Crippen LogP) is 6.14. The highest BCUT2D eigenvalue weighted by Crippen LogP contribution is 2.37. The van der Waals surface area contributed by atoms with Crippen molar-refractivity contribution >= 4 is 38.6 Å². The Morgan fingerprint density at radius 2 is 1.89 bits per heavy atom. The van der Waals surface area contributed by atoms with Gasteiger partial charge in [0.25, 0.3) is 5.19 Å². The summed E-state index contributed by atoms with van der Waals surface area (Å²) in [5.41, 5.74) is 3.21. The monoisotopic (exact) mass is 534 g/mol. The van der Waals surface area contributed by atoms with Crippen LogP contribution in [0.5, 0.6) is 22.4 Å². The molecule has 11 heteroatoms. The van der Waals surface area contributed by atoms with E-state index in [-0.39, 0.29) is 0 Å². The molecule has 0 saturated carbocycles. The third-order valence-corrected chi connectivity index (χ3v) is 7.31. The maximum atomic E-state index is 6.23. The van der Waals surface area contributed by atoms with E-state index >= 15 is 0 Å². The SMILES string of the molecule is COc1cc(OCc2cccc(OCc3csc(C)n3)c2)c2cc(-c3cn4nc(OC)sc4n3)oc2c1. The van der Waals surface area contributed by atoms with Crippen LogP contribution >= 0.6 is 22.7 Å². The number of rotatable bonds is 9. The van der Waals surface area contributed by atoms with Crippen LogP contribution in [0.3, 0.4) is 0 Å². The molecule has 0 bridgehead atoms. The van der Waals surface area contributed by atoms with Crippen molar-refractivity contribution in [3.63, 3.8) is 0 Å². The lowest BCUT2D eigenvalue weighted by Crippen LogP contribution is -1.99. The van der Waals surface area contributed by atoms with Crippen LogP contribution in [-0.4, -0.2) is 33.8 Å². The second-order valence-electron chi connectivity index (χ2n) is 8.16. The van der Waals surface area contributed by atoms with Crippen LogP contribution in [0.25, 0.3) is 27.4 Å². The largest absolute Gasteiger partial charge is 0.496 e. The Kier molecular flexibility index (Phi) is 6.15. The number of nitrogens with zero attached hydrogens (tertiary/aromatic N) is 4. The molecule has 9 nitrogen and oxygen atoms in total. The number of aromatic nitrogens is 4. The molecule has 0 saturated heterocycles. The number of benzene rings is 2. The van der Waals surface area contributed by atoms with Crippen LogP contribution in [0.15, 0.2) is 58.5 Å². The van der Waals surface area contributed by atoms with E-state index in [1.807, 2.05) is 61.0 Å². The predicted molar refractivity (Wildman–Crippen MR) is 141 cm³/mol. The van der Waals surface area contributed by atoms with Crippen molar-refractivity contribution in [2.24, 2.45) is 0 Å². The Balaban J connectivity index is 1.23. The van der Waals surface area contributed by atoms with Gasteiger partial charge >= 0.3 is 0 Å². The van der Waals surface area contributed by atoms with Gasteiger partial charge in [-0.05, 0) is 42.0 Å². The molecule has 0 aliphatic rings. The highest BCUT2D eigenvalue weighted by Gasteiger charge is 2.17. The van der Waals surface area contributed by atoms with Gasteiger partial charge < -0.3 is 23.4 Å². The molecule has 0 aliphatic carbocycles. The molecule has 2 aromatic carbocycles. The van der Waals surface area contributed by atoms with E-state index in [0.717, 1.165) is 27.4 Å². The van der Waals surface area contributed by atoms with Crippen molar-refractivity contribution in [2.75, 3.05) is 14.2 Å². The molecule has 37 heavy (non-hydrogen) atoms. The number of hydrogen-bond donors (Lipinski definition) is 0. The van der Waals surface area contributed by atoms with Crippen LogP contribution in [0.1, 0.15) is 16.3 Å². The smallest absolute Gasteiger partial charge is 0.294 e. The molecule has 4 aromatic heterocycles. The maximum Gasteiger partial charge on any atom is 0.294 e. The van der Waals surface area contributed by atoms with Gasteiger partial charge in [0.05, 0.1) is 36.5 Å². The van der Waals surface area contributed by atoms with E-state index in [4.69, 9.17) is 23.4 Å². The first-order valence-corrected chi connectivity index (χ1v) is 13.1. The number of hydrogen-bond acceptors (Lipinski definition) is 10. The van der Waals surface area contributed by atoms with Crippen molar-refractivity contribution < 1.29 is 23.4 Å². The van der Waals surface area contributed by atoms with Crippen LogP contribution in [0.2, 0.25) is 0 Å². The van der Waals surface area contributed by atoms with Gasteiger partial charge in [-0.3, -0.25) is 0 Å². The first-order chi connectivity index (χ1) is 18.1. The minimum Gasteiger partial charge on any atom is -0.496 e. The van der Waals surface area contributed by atoms with E-state index in [9.17, 15) is 0 Å². The standard InChI is InChI=1S/C26H22N4O5S2/c1-15-27-17(14-36-15)13-33-18-6-4-5-16(7-18)12-34-22-8-19(31-2)9-23-20(22)10-24(35-23)21-11-30-25(28-21)37-26(29-30)32-3/h4-11,14H,12-13H2,1-3H3. The quantitative estimate of drug-likeness (QED) is 0.218. The average Bonchev–Trinajstić information content (AvgIpc) is 3.68. The summed E-state index contributed by atoms with van der Waals surface area (Å²) >= 11 is 2.97. The fourth-order valence-electron chi connectivity index (χ4n) is 3.85. The third kappa shape index (κ3) is 4.83.